The fourth-order valence-electron chi connectivity index (χ4n) is 1.90. The van der Waals surface area contributed by atoms with Gasteiger partial charge in [-0.25, -0.2) is 0 Å². The summed E-state index contributed by atoms with van der Waals surface area (Å²) in [6, 6.07) is 0. The molecular formula is C12H20N4O3. The molecule has 1 aliphatic heterocycles. The molecule has 1 amide bonds. The van der Waals surface area contributed by atoms with Crippen molar-refractivity contribution in [1.82, 2.24) is 15.1 Å². The number of amides is 1. The molecular weight excluding hydrogens is 248 g/mol. The van der Waals surface area contributed by atoms with Crippen molar-refractivity contribution in [3.05, 3.63) is 12.4 Å². The summed E-state index contributed by atoms with van der Waals surface area (Å²) in [6.07, 6.45) is 3.73. The Balaban J connectivity index is 1.76. The molecule has 19 heavy (non-hydrogen) atoms. The Bertz CT molecular complexity index is 401. The molecule has 2 heterocycles. The van der Waals surface area contributed by atoms with Crippen LogP contribution in [0.15, 0.2) is 12.4 Å². The Labute approximate surface area is 112 Å². The van der Waals surface area contributed by atoms with Gasteiger partial charge in [-0.2, -0.15) is 5.10 Å². The van der Waals surface area contributed by atoms with Gasteiger partial charge in [-0.3, -0.25) is 9.48 Å². The first-order valence-corrected chi connectivity index (χ1v) is 6.41. The maximum Gasteiger partial charge on any atom is 0.227 e. The van der Waals surface area contributed by atoms with Crippen molar-refractivity contribution in [2.75, 3.05) is 38.7 Å². The molecule has 0 saturated carbocycles. The molecule has 1 saturated heterocycles. The molecule has 1 unspecified atom stereocenters. The van der Waals surface area contributed by atoms with Gasteiger partial charge >= 0.3 is 0 Å². The molecule has 0 aromatic carbocycles. The van der Waals surface area contributed by atoms with E-state index in [1.165, 1.54) is 0 Å². The number of rotatable bonds is 6. The number of carbonyl (C=O) groups excluding carboxylic acids is 1. The second-order valence-electron chi connectivity index (χ2n) is 4.43. The lowest BCUT2D eigenvalue weighted by Crippen LogP contribution is -2.40. The first kappa shape index (κ1) is 14.0. The van der Waals surface area contributed by atoms with E-state index >= 15 is 0 Å². The number of nitrogens with zero attached hydrogens (tertiary/aromatic N) is 2. The van der Waals surface area contributed by atoms with Gasteiger partial charge in [-0.15, -0.1) is 0 Å². The number of hydrogen-bond acceptors (Lipinski definition) is 5. The largest absolute Gasteiger partial charge is 0.383 e. The van der Waals surface area contributed by atoms with E-state index in [-0.39, 0.29) is 12.0 Å². The smallest absolute Gasteiger partial charge is 0.227 e. The van der Waals surface area contributed by atoms with Gasteiger partial charge in [0.1, 0.15) is 0 Å². The van der Waals surface area contributed by atoms with Gasteiger partial charge in [-0.05, 0) is 0 Å². The molecule has 7 nitrogen and oxygen atoms in total. The third-order valence-corrected chi connectivity index (χ3v) is 2.86. The van der Waals surface area contributed by atoms with Crippen molar-refractivity contribution in [2.45, 2.75) is 19.1 Å². The summed E-state index contributed by atoms with van der Waals surface area (Å²) in [5, 5.41) is 10.1. The van der Waals surface area contributed by atoms with Gasteiger partial charge < -0.3 is 20.1 Å². The SMILES string of the molecule is COCCn1cc(NC(=O)CC2CNCCO2)cn1. The van der Waals surface area contributed by atoms with E-state index in [0.29, 0.717) is 31.9 Å². The van der Waals surface area contributed by atoms with Crippen LogP contribution in [-0.2, 0) is 20.8 Å². The van der Waals surface area contributed by atoms with Crippen LogP contribution in [0, 0.1) is 0 Å². The first-order valence-electron chi connectivity index (χ1n) is 6.41. The van der Waals surface area contributed by atoms with Crippen LogP contribution in [0.25, 0.3) is 0 Å². The summed E-state index contributed by atoms with van der Waals surface area (Å²) in [5.41, 5.74) is 0.699. The van der Waals surface area contributed by atoms with E-state index in [9.17, 15) is 4.79 Å². The predicted molar refractivity (Wildman–Crippen MR) is 70.0 cm³/mol. The Morgan fingerprint density at radius 2 is 2.63 bits per heavy atom. The molecule has 106 valence electrons. The van der Waals surface area contributed by atoms with Crippen LogP contribution in [-0.4, -0.2) is 55.2 Å². The van der Waals surface area contributed by atoms with E-state index in [0.717, 1.165) is 13.1 Å². The average molecular weight is 268 g/mol. The third-order valence-electron chi connectivity index (χ3n) is 2.86. The van der Waals surface area contributed by atoms with Crippen LogP contribution in [0.5, 0.6) is 0 Å². The van der Waals surface area contributed by atoms with Crippen LogP contribution in [0.4, 0.5) is 5.69 Å². The molecule has 7 heteroatoms. The maximum atomic E-state index is 11.8. The van der Waals surface area contributed by atoms with Crippen molar-refractivity contribution < 1.29 is 14.3 Å². The van der Waals surface area contributed by atoms with E-state index in [4.69, 9.17) is 9.47 Å². The quantitative estimate of drug-likeness (QED) is 0.750. The fourth-order valence-corrected chi connectivity index (χ4v) is 1.90. The Morgan fingerprint density at radius 1 is 1.74 bits per heavy atom. The minimum Gasteiger partial charge on any atom is -0.383 e. The van der Waals surface area contributed by atoms with Crippen LogP contribution >= 0.6 is 0 Å². The monoisotopic (exact) mass is 268 g/mol. The zero-order valence-corrected chi connectivity index (χ0v) is 11.1. The van der Waals surface area contributed by atoms with Crippen LogP contribution < -0.4 is 10.6 Å². The first-order chi connectivity index (χ1) is 9.28. The Hall–Kier alpha value is -1.44. The maximum absolute atomic E-state index is 11.8. The highest BCUT2D eigenvalue weighted by Gasteiger charge is 2.17. The molecule has 0 bridgehead atoms. The number of anilines is 1. The van der Waals surface area contributed by atoms with Crippen molar-refractivity contribution in [1.29, 1.82) is 0 Å². The molecule has 1 atom stereocenters. The summed E-state index contributed by atoms with van der Waals surface area (Å²) < 4.78 is 12.2. The highest BCUT2D eigenvalue weighted by Crippen LogP contribution is 2.08. The number of hydrogen-bond donors (Lipinski definition) is 2. The van der Waals surface area contributed by atoms with Crippen molar-refractivity contribution in [3.63, 3.8) is 0 Å². The number of nitrogens with one attached hydrogen (secondary N) is 2. The highest BCUT2D eigenvalue weighted by atomic mass is 16.5. The van der Waals surface area contributed by atoms with Gasteiger partial charge in [-0.1, -0.05) is 0 Å². The normalized spacial score (nSPS) is 19.3. The molecule has 0 aliphatic carbocycles. The highest BCUT2D eigenvalue weighted by molar-refractivity contribution is 5.90. The van der Waals surface area contributed by atoms with Crippen LogP contribution in [0.2, 0.25) is 0 Å². The lowest BCUT2D eigenvalue weighted by atomic mass is 10.2. The zero-order chi connectivity index (χ0) is 13.5. The van der Waals surface area contributed by atoms with Gasteiger partial charge in [0.05, 0.1) is 44.2 Å². The summed E-state index contributed by atoms with van der Waals surface area (Å²) in [6.45, 7) is 3.50. The molecule has 0 radical (unpaired) electrons. The Morgan fingerprint density at radius 3 is 3.37 bits per heavy atom. The number of ether oxygens (including phenoxy) is 2. The second kappa shape index (κ2) is 7.22. The van der Waals surface area contributed by atoms with Crippen molar-refractivity contribution in [3.8, 4) is 0 Å². The topological polar surface area (TPSA) is 77.4 Å². The van der Waals surface area contributed by atoms with Gasteiger partial charge in [0.15, 0.2) is 0 Å². The molecule has 2 rings (SSSR count). The lowest BCUT2D eigenvalue weighted by molar-refractivity contribution is -0.119. The Kier molecular flexibility index (Phi) is 5.31. The lowest BCUT2D eigenvalue weighted by Gasteiger charge is -2.22. The molecule has 0 spiro atoms. The number of methoxy groups -OCH3 is 1. The van der Waals surface area contributed by atoms with Crippen LogP contribution in [0.3, 0.4) is 0 Å². The number of morpholine rings is 1. The van der Waals surface area contributed by atoms with Gasteiger partial charge in [0, 0.05) is 26.4 Å². The third kappa shape index (κ3) is 4.62. The van der Waals surface area contributed by atoms with E-state index in [1.807, 2.05) is 0 Å². The van der Waals surface area contributed by atoms with Crippen molar-refractivity contribution in [2.24, 2.45) is 0 Å². The number of aromatic nitrogens is 2. The fraction of sp³-hybridized carbons (Fsp3) is 0.667. The zero-order valence-electron chi connectivity index (χ0n) is 11.1. The molecule has 2 N–H and O–H groups in total. The summed E-state index contributed by atoms with van der Waals surface area (Å²) in [7, 11) is 1.64. The van der Waals surface area contributed by atoms with Gasteiger partial charge in [0.2, 0.25) is 5.91 Å². The summed E-state index contributed by atoms with van der Waals surface area (Å²) in [5.74, 6) is -0.0556. The molecule has 1 fully saturated rings. The number of carbonyl (C=O) groups is 1. The standard InChI is InChI=1S/C12H20N4O3/c1-18-5-3-16-9-10(7-14-16)15-12(17)6-11-8-13-2-4-19-11/h7,9,11,13H,2-6,8H2,1H3,(H,15,17). The van der Waals surface area contributed by atoms with E-state index < -0.39 is 0 Å². The minimum atomic E-state index is -0.0556. The van der Waals surface area contributed by atoms with Crippen molar-refractivity contribution >= 4 is 11.6 Å². The average Bonchev–Trinajstić information content (AvgIpc) is 2.85. The molecule has 1 aliphatic rings. The van der Waals surface area contributed by atoms with Crippen LogP contribution in [0.1, 0.15) is 6.42 Å². The minimum absolute atomic E-state index is 0.0442. The molecule has 1 aromatic rings. The van der Waals surface area contributed by atoms with Gasteiger partial charge in [0.25, 0.3) is 0 Å². The van der Waals surface area contributed by atoms with E-state index in [1.54, 1.807) is 24.2 Å². The summed E-state index contributed by atoms with van der Waals surface area (Å²) >= 11 is 0. The molecule has 1 aromatic heterocycles. The van der Waals surface area contributed by atoms with E-state index in [2.05, 4.69) is 15.7 Å². The predicted octanol–water partition coefficient (Wildman–Crippen LogP) is -0.153. The second-order valence-corrected chi connectivity index (χ2v) is 4.43. The summed E-state index contributed by atoms with van der Waals surface area (Å²) in [4.78, 5) is 11.8.